The van der Waals surface area contributed by atoms with Crippen molar-refractivity contribution in [2.24, 2.45) is 5.41 Å². The third-order valence-corrected chi connectivity index (χ3v) is 7.64. The zero-order valence-electron chi connectivity index (χ0n) is 22.2. The fraction of sp³-hybridized carbons (Fsp3) is 0.219. The number of hydrogen-bond donors (Lipinski definition) is 1. The van der Waals surface area contributed by atoms with Crippen molar-refractivity contribution < 1.29 is 27.6 Å². The SMILES string of the molecule is CC1(C)CC(=O)C2=C(C1)c1c(ccc3ccccc13)NC2c1cccc(Oc2ccc(C(F)(F)F)cc2[N+](=O)[O-])c1. The number of carbonyl (C=O) groups excluding carboxylic acids is 1. The van der Waals surface area contributed by atoms with Gasteiger partial charge in [0.05, 0.1) is 16.5 Å². The number of nitrogens with one attached hydrogen (secondary N) is 1. The highest BCUT2D eigenvalue weighted by atomic mass is 19.4. The van der Waals surface area contributed by atoms with Crippen LogP contribution >= 0.6 is 0 Å². The minimum Gasteiger partial charge on any atom is -0.450 e. The van der Waals surface area contributed by atoms with E-state index in [1.807, 2.05) is 36.4 Å². The van der Waals surface area contributed by atoms with E-state index in [1.165, 1.54) is 0 Å². The topological polar surface area (TPSA) is 81.5 Å². The Hall–Kier alpha value is -4.66. The minimum atomic E-state index is -4.73. The number of nitro benzene ring substituents is 1. The number of Topliss-reactive ketones (excluding diaryl/α,β-unsaturated/α-hetero) is 1. The van der Waals surface area contributed by atoms with Gasteiger partial charge in [-0.1, -0.05) is 56.3 Å². The first kappa shape index (κ1) is 26.6. The van der Waals surface area contributed by atoms with Crippen molar-refractivity contribution in [1.82, 2.24) is 0 Å². The van der Waals surface area contributed by atoms with Gasteiger partial charge >= 0.3 is 11.9 Å². The number of ketones is 1. The zero-order chi connectivity index (χ0) is 29.1. The average molecular weight is 559 g/mol. The van der Waals surface area contributed by atoms with Gasteiger partial charge in [-0.25, -0.2) is 0 Å². The van der Waals surface area contributed by atoms with Gasteiger partial charge in [-0.2, -0.15) is 13.2 Å². The predicted molar refractivity (Wildman–Crippen MR) is 150 cm³/mol. The maximum Gasteiger partial charge on any atom is 0.416 e. The third-order valence-electron chi connectivity index (χ3n) is 7.64. The number of ether oxygens (including phenoxy) is 1. The second-order valence-corrected chi connectivity index (χ2v) is 11.2. The quantitative estimate of drug-likeness (QED) is 0.200. The van der Waals surface area contributed by atoms with Gasteiger partial charge in [0.25, 0.3) is 0 Å². The number of alkyl halides is 3. The molecule has 0 fully saturated rings. The molecule has 0 saturated heterocycles. The van der Waals surface area contributed by atoms with Gasteiger partial charge < -0.3 is 10.1 Å². The van der Waals surface area contributed by atoms with E-state index >= 15 is 0 Å². The highest BCUT2D eigenvalue weighted by Crippen LogP contribution is 2.52. The Morgan fingerprint density at radius 2 is 1.76 bits per heavy atom. The Balaban J connectivity index is 1.44. The standard InChI is InChI=1S/C32H25F3N2O4/c1-31(2)16-23-28-22-9-4-3-6-18(22)10-12-24(28)36-30(29(23)26(38)17-31)19-7-5-8-21(14-19)41-27-13-11-20(32(33,34)35)15-25(27)37(39)40/h3-15,30,36H,16-17H2,1-2H3. The lowest BCUT2D eigenvalue weighted by atomic mass is 9.68. The van der Waals surface area contributed by atoms with Crippen molar-refractivity contribution in [3.05, 3.63) is 111 Å². The van der Waals surface area contributed by atoms with E-state index in [2.05, 4.69) is 25.2 Å². The van der Waals surface area contributed by atoms with Crippen LogP contribution in [0.15, 0.2) is 84.4 Å². The molecule has 0 aromatic heterocycles. The van der Waals surface area contributed by atoms with Gasteiger partial charge in [-0.15, -0.1) is 0 Å². The molecule has 1 N–H and O–H groups in total. The van der Waals surface area contributed by atoms with Crippen LogP contribution in [0.25, 0.3) is 16.3 Å². The molecular formula is C32H25F3N2O4. The van der Waals surface area contributed by atoms with Gasteiger partial charge in [-0.05, 0) is 64.1 Å². The number of anilines is 1. The van der Waals surface area contributed by atoms with E-state index in [9.17, 15) is 28.1 Å². The monoisotopic (exact) mass is 558 g/mol. The van der Waals surface area contributed by atoms with E-state index in [-0.39, 0.29) is 22.7 Å². The summed E-state index contributed by atoms with van der Waals surface area (Å²) in [5.74, 6) is -0.0804. The number of rotatable bonds is 4. The van der Waals surface area contributed by atoms with Gasteiger partial charge in [0.2, 0.25) is 5.75 Å². The number of hydrogen-bond acceptors (Lipinski definition) is 5. The van der Waals surface area contributed by atoms with Crippen molar-refractivity contribution in [3.63, 3.8) is 0 Å². The summed E-state index contributed by atoms with van der Waals surface area (Å²) in [5, 5.41) is 17.2. The number of halogens is 3. The second-order valence-electron chi connectivity index (χ2n) is 11.2. The normalized spacial score (nSPS) is 18.0. The van der Waals surface area contributed by atoms with Crippen LogP contribution in [-0.2, 0) is 11.0 Å². The maximum atomic E-state index is 13.7. The maximum absolute atomic E-state index is 13.7. The minimum absolute atomic E-state index is 0.0389. The van der Waals surface area contributed by atoms with Gasteiger partial charge in [0.15, 0.2) is 5.78 Å². The highest BCUT2D eigenvalue weighted by Gasteiger charge is 2.41. The Morgan fingerprint density at radius 1 is 0.976 bits per heavy atom. The molecule has 0 saturated carbocycles. The molecule has 4 aromatic rings. The molecule has 4 aromatic carbocycles. The summed E-state index contributed by atoms with van der Waals surface area (Å²) in [6.45, 7) is 4.17. The third kappa shape index (κ3) is 4.81. The smallest absolute Gasteiger partial charge is 0.416 e. The summed E-state index contributed by atoms with van der Waals surface area (Å²) in [6.07, 6.45) is -3.64. The summed E-state index contributed by atoms with van der Waals surface area (Å²) < 4.78 is 45.2. The van der Waals surface area contributed by atoms with Gasteiger partial charge in [0.1, 0.15) is 5.75 Å². The van der Waals surface area contributed by atoms with E-state index in [0.717, 1.165) is 39.7 Å². The molecule has 2 aliphatic rings. The molecular weight excluding hydrogens is 533 g/mol. The van der Waals surface area contributed by atoms with Gasteiger partial charge in [0, 0.05) is 29.3 Å². The Morgan fingerprint density at radius 3 is 2.51 bits per heavy atom. The molecule has 9 heteroatoms. The molecule has 0 radical (unpaired) electrons. The van der Waals surface area contributed by atoms with Gasteiger partial charge in [-0.3, -0.25) is 14.9 Å². The van der Waals surface area contributed by atoms with Crippen molar-refractivity contribution in [3.8, 4) is 11.5 Å². The molecule has 1 atom stereocenters. The van der Waals surface area contributed by atoms with Crippen LogP contribution < -0.4 is 10.1 Å². The summed E-state index contributed by atoms with van der Waals surface area (Å²) >= 11 is 0. The van der Waals surface area contributed by atoms with Crippen LogP contribution in [0.2, 0.25) is 0 Å². The van der Waals surface area contributed by atoms with E-state index in [4.69, 9.17) is 4.74 Å². The number of nitrogens with zero attached hydrogens (tertiary/aromatic N) is 1. The largest absolute Gasteiger partial charge is 0.450 e. The molecule has 208 valence electrons. The van der Waals surface area contributed by atoms with Crippen LogP contribution in [-0.4, -0.2) is 10.7 Å². The van der Waals surface area contributed by atoms with Crippen molar-refractivity contribution in [2.45, 2.75) is 38.9 Å². The fourth-order valence-corrected chi connectivity index (χ4v) is 5.89. The lowest BCUT2D eigenvalue weighted by Gasteiger charge is -2.40. The molecule has 6 nitrogen and oxygen atoms in total. The molecule has 1 aliphatic carbocycles. The Kier molecular flexibility index (Phi) is 6.13. The predicted octanol–water partition coefficient (Wildman–Crippen LogP) is 8.87. The number of allylic oxidation sites excluding steroid dienone is 1. The van der Waals surface area contributed by atoms with E-state index in [1.54, 1.807) is 18.2 Å². The first-order chi connectivity index (χ1) is 19.4. The molecule has 6 rings (SSSR count). The number of nitro groups is 1. The van der Waals surface area contributed by atoms with Crippen LogP contribution in [0, 0.1) is 15.5 Å². The molecule has 41 heavy (non-hydrogen) atoms. The zero-order valence-corrected chi connectivity index (χ0v) is 22.2. The molecule has 1 aliphatic heterocycles. The second kappa shape index (κ2) is 9.47. The fourth-order valence-electron chi connectivity index (χ4n) is 5.89. The summed E-state index contributed by atoms with van der Waals surface area (Å²) in [6, 6.07) is 20.5. The Labute approximate surface area is 233 Å². The molecule has 1 heterocycles. The van der Waals surface area contributed by atoms with E-state index < -0.39 is 28.4 Å². The first-order valence-electron chi connectivity index (χ1n) is 13.1. The summed E-state index contributed by atoms with van der Waals surface area (Å²) in [5.41, 5.74) is 2.11. The number of benzene rings is 4. The lowest BCUT2D eigenvalue weighted by Crippen LogP contribution is -2.33. The summed E-state index contributed by atoms with van der Waals surface area (Å²) in [4.78, 5) is 24.3. The Bertz CT molecular complexity index is 1770. The molecule has 0 bridgehead atoms. The van der Waals surface area contributed by atoms with Crippen molar-refractivity contribution in [1.29, 1.82) is 0 Å². The number of fused-ring (bicyclic) bond motifs is 4. The van der Waals surface area contributed by atoms with Crippen molar-refractivity contribution >= 4 is 33.5 Å². The summed E-state index contributed by atoms with van der Waals surface area (Å²) in [7, 11) is 0. The van der Waals surface area contributed by atoms with Crippen LogP contribution in [0.4, 0.5) is 24.5 Å². The molecule has 0 spiro atoms. The molecule has 0 amide bonds. The van der Waals surface area contributed by atoms with Crippen LogP contribution in [0.1, 0.15) is 49.4 Å². The lowest BCUT2D eigenvalue weighted by molar-refractivity contribution is -0.385. The highest BCUT2D eigenvalue weighted by molar-refractivity contribution is 6.12. The average Bonchev–Trinajstić information content (AvgIpc) is 2.91. The molecule has 1 unspecified atom stereocenters. The van der Waals surface area contributed by atoms with Crippen LogP contribution in [0.3, 0.4) is 0 Å². The number of carbonyl (C=O) groups is 1. The van der Waals surface area contributed by atoms with E-state index in [0.29, 0.717) is 30.0 Å². The first-order valence-corrected chi connectivity index (χ1v) is 13.1. The van der Waals surface area contributed by atoms with Crippen molar-refractivity contribution in [2.75, 3.05) is 5.32 Å². The van der Waals surface area contributed by atoms with Crippen LogP contribution in [0.5, 0.6) is 11.5 Å².